The van der Waals surface area contributed by atoms with Crippen molar-refractivity contribution in [1.82, 2.24) is 4.90 Å². The summed E-state index contributed by atoms with van der Waals surface area (Å²) in [5.41, 5.74) is 0. The molecule has 14 heavy (non-hydrogen) atoms. The lowest BCUT2D eigenvalue weighted by atomic mass is 9.97. The van der Waals surface area contributed by atoms with Gasteiger partial charge in [0.05, 0.1) is 12.1 Å². The molecule has 0 aliphatic carbocycles. The number of aliphatic hydroxyl groups excluding tert-OH is 3. The largest absolute Gasteiger partial charge is 0.391 e. The fourth-order valence-corrected chi connectivity index (χ4v) is 2.48. The molecule has 0 radical (unpaired) electrons. The molecule has 5 atom stereocenters. The van der Waals surface area contributed by atoms with Crippen LogP contribution in [0.3, 0.4) is 0 Å². The van der Waals surface area contributed by atoms with Gasteiger partial charge in [-0.1, -0.05) is 0 Å². The summed E-state index contributed by atoms with van der Waals surface area (Å²) in [5, 5.41) is 28.9. The molecule has 2 saturated heterocycles. The SMILES string of the molecule is [C-]#[N+][C@@H]1C(O)[C@@H](O)C2C(O)CCCN21. The van der Waals surface area contributed by atoms with Gasteiger partial charge in [-0.3, -0.25) is 4.85 Å². The molecular formula is C9H14N2O3. The van der Waals surface area contributed by atoms with Crippen LogP contribution in [0, 0.1) is 6.57 Å². The van der Waals surface area contributed by atoms with Crippen molar-refractivity contribution in [3.8, 4) is 0 Å². The van der Waals surface area contributed by atoms with Gasteiger partial charge in [-0.15, -0.1) is 0 Å². The zero-order chi connectivity index (χ0) is 10.3. The summed E-state index contributed by atoms with van der Waals surface area (Å²) in [6, 6.07) is -0.460. The van der Waals surface area contributed by atoms with Gasteiger partial charge in [0.1, 0.15) is 6.10 Å². The lowest BCUT2D eigenvalue weighted by molar-refractivity contribution is -0.0287. The minimum absolute atomic E-state index is 0.460. The van der Waals surface area contributed by atoms with Crippen LogP contribution in [-0.4, -0.2) is 57.3 Å². The predicted octanol–water partition coefficient (Wildman–Crippen LogP) is -1.21. The molecule has 5 heteroatoms. The maximum absolute atomic E-state index is 9.67. The van der Waals surface area contributed by atoms with Gasteiger partial charge in [-0.2, -0.15) is 0 Å². The van der Waals surface area contributed by atoms with Crippen LogP contribution in [0.2, 0.25) is 0 Å². The normalized spacial score (nSPS) is 48.6. The molecule has 0 aromatic carbocycles. The van der Waals surface area contributed by atoms with Gasteiger partial charge in [0.2, 0.25) is 0 Å². The molecule has 0 spiro atoms. The molecule has 0 aromatic rings. The summed E-state index contributed by atoms with van der Waals surface area (Å²) in [7, 11) is 0. The fourth-order valence-electron chi connectivity index (χ4n) is 2.48. The lowest BCUT2D eigenvalue weighted by Crippen LogP contribution is -2.50. The third-order valence-electron chi connectivity index (χ3n) is 3.17. The predicted molar refractivity (Wildman–Crippen MR) is 48.1 cm³/mol. The highest BCUT2D eigenvalue weighted by Crippen LogP contribution is 2.32. The molecule has 2 aliphatic rings. The second-order valence-corrected chi connectivity index (χ2v) is 3.96. The Labute approximate surface area is 82.4 Å². The van der Waals surface area contributed by atoms with E-state index in [1.54, 1.807) is 4.90 Å². The van der Waals surface area contributed by atoms with Crippen molar-refractivity contribution in [1.29, 1.82) is 0 Å². The third kappa shape index (κ3) is 1.23. The van der Waals surface area contributed by atoms with Crippen LogP contribution in [0.4, 0.5) is 0 Å². The van der Waals surface area contributed by atoms with Crippen LogP contribution < -0.4 is 0 Å². The first-order valence-electron chi connectivity index (χ1n) is 4.83. The Morgan fingerprint density at radius 3 is 2.57 bits per heavy atom. The minimum Gasteiger partial charge on any atom is -0.391 e. The Bertz CT molecular complexity index is 265. The summed E-state index contributed by atoms with van der Waals surface area (Å²) in [4.78, 5) is 5.01. The Hall–Kier alpha value is -0.670. The molecule has 3 N–H and O–H groups in total. The van der Waals surface area contributed by atoms with Crippen LogP contribution in [0.5, 0.6) is 0 Å². The van der Waals surface area contributed by atoms with Gasteiger partial charge in [0.25, 0.3) is 0 Å². The van der Waals surface area contributed by atoms with E-state index in [1.807, 2.05) is 0 Å². The average molecular weight is 198 g/mol. The molecule has 2 aliphatic heterocycles. The van der Waals surface area contributed by atoms with E-state index < -0.39 is 30.5 Å². The first kappa shape index (κ1) is 9.87. The second-order valence-electron chi connectivity index (χ2n) is 3.96. The fraction of sp³-hybridized carbons (Fsp3) is 0.889. The standard InChI is InChI=1S/C9H14N2O3/c1-10-9-8(14)7(13)6-5(12)3-2-4-11(6)9/h5-9,12-14H,2-4H2/t5?,6?,7-,8?,9-/m0/s1. The van der Waals surface area contributed by atoms with Gasteiger partial charge in [-0.25, -0.2) is 11.5 Å². The second kappa shape index (κ2) is 3.48. The minimum atomic E-state index is -1.05. The van der Waals surface area contributed by atoms with Crippen LogP contribution in [-0.2, 0) is 0 Å². The molecular weight excluding hydrogens is 184 g/mol. The molecule has 0 amide bonds. The van der Waals surface area contributed by atoms with Crippen LogP contribution >= 0.6 is 0 Å². The van der Waals surface area contributed by atoms with Crippen LogP contribution in [0.25, 0.3) is 4.85 Å². The lowest BCUT2D eigenvalue weighted by Gasteiger charge is -2.33. The maximum Gasteiger partial charge on any atom is 0.308 e. The van der Waals surface area contributed by atoms with E-state index in [4.69, 9.17) is 6.57 Å². The van der Waals surface area contributed by atoms with Crippen molar-refractivity contribution in [2.75, 3.05) is 6.54 Å². The van der Waals surface area contributed by atoms with Crippen LogP contribution in [0.1, 0.15) is 12.8 Å². The highest BCUT2D eigenvalue weighted by atomic mass is 16.3. The van der Waals surface area contributed by atoms with E-state index in [0.717, 1.165) is 6.42 Å². The molecule has 2 fully saturated rings. The number of hydrogen-bond acceptors (Lipinski definition) is 4. The summed E-state index contributed by atoms with van der Waals surface area (Å²) < 4.78 is 0. The van der Waals surface area contributed by atoms with E-state index in [2.05, 4.69) is 4.85 Å². The summed E-state index contributed by atoms with van der Waals surface area (Å²) >= 11 is 0. The van der Waals surface area contributed by atoms with Gasteiger partial charge in [-0.05, 0) is 12.8 Å². The van der Waals surface area contributed by atoms with Crippen LogP contribution in [0.15, 0.2) is 0 Å². The van der Waals surface area contributed by atoms with Gasteiger partial charge < -0.3 is 15.3 Å². The first-order chi connectivity index (χ1) is 6.66. The molecule has 78 valence electrons. The number of piperidine rings is 1. The molecule has 2 heterocycles. The number of rotatable bonds is 0. The number of fused-ring (bicyclic) bond motifs is 1. The first-order valence-corrected chi connectivity index (χ1v) is 4.83. The van der Waals surface area contributed by atoms with Gasteiger partial charge in [0.15, 0.2) is 6.10 Å². The molecule has 0 aromatic heterocycles. The molecule has 5 nitrogen and oxygen atoms in total. The Kier molecular flexibility index (Phi) is 2.45. The highest BCUT2D eigenvalue weighted by molar-refractivity contribution is 5.07. The van der Waals surface area contributed by atoms with Gasteiger partial charge >= 0.3 is 6.17 Å². The summed E-state index contributed by atoms with van der Waals surface area (Å²) in [6.45, 7) is 7.61. The van der Waals surface area contributed by atoms with E-state index >= 15 is 0 Å². The average Bonchev–Trinajstić information content (AvgIpc) is 2.41. The van der Waals surface area contributed by atoms with Crippen molar-refractivity contribution in [2.45, 2.75) is 43.4 Å². The highest BCUT2D eigenvalue weighted by Gasteiger charge is 2.55. The Balaban J connectivity index is 2.25. The Morgan fingerprint density at radius 2 is 1.93 bits per heavy atom. The van der Waals surface area contributed by atoms with E-state index in [0.29, 0.717) is 13.0 Å². The smallest absolute Gasteiger partial charge is 0.308 e. The third-order valence-corrected chi connectivity index (χ3v) is 3.17. The zero-order valence-electron chi connectivity index (χ0n) is 7.74. The van der Waals surface area contributed by atoms with Crippen molar-refractivity contribution >= 4 is 0 Å². The summed E-state index contributed by atoms with van der Waals surface area (Å²) in [6.07, 6.45) is -1.92. The topological polar surface area (TPSA) is 68.3 Å². The molecule has 0 bridgehead atoms. The molecule has 0 saturated carbocycles. The van der Waals surface area contributed by atoms with Crippen molar-refractivity contribution in [3.63, 3.8) is 0 Å². The van der Waals surface area contributed by atoms with Crippen molar-refractivity contribution in [3.05, 3.63) is 11.4 Å². The van der Waals surface area contributed by atoms with E-state index in [1.165, 1.54) is 0 Å². The molecule has 2 rings (SSSR count). The summed E-state index contributed by atoms with van der Waals surface area (Å²) in [5.74, 6) is 0. The quantitative estimate of drug-likeness (QED) is 0.427. The molecule has 3 unspecified atom stereocenters. The van der Waals surface area contributed by atoms with E-state index in [-0.39, 0.29) is 0 Å². The number of hydrogen-bond donors (Lipinski definition) is 3. The van der Waals surface area contributed by atoms with E-state index in [9.17, 15) is 15.3 Å². The maximum atomic E-state index is 9.67. The zero-order valence-corrected chi connectivity index (χ0v) is 7.74. The number of aliphatic hydroxyl groups is 3. The van der Waals surface area contributed by atoms with Gasteiger partial charge in [0, 0.05) is 6.54 Å². The van der Waals surface area contributed by atoms with Crippen molar-refractivity contribution < 1.29 is 15.3 Å². The van der Waals surface area contributed by atoms with Crippen molar-refractivity contribution in [2.24, 2.45) is 0 Å². The monoisotopic (exact) mass is 198 g/mol. The number of nitrogens with zero attached hydrogens (tertiary/aromatic N) is 2. The Morgan fingerprint density at radius 1 is 1.21 bits per heavy atom.